The van der Waals surface area contributed by atoms with Crippen molar-refractivity contribution in [2.45, 2.75) is 32.2 Å². The molecule has 14 heavy (non-hydrogen) atoms. The summed E-state index contributed by atoms with van der Waals surface area (Å²) in [5.41, 5.74) is 0. The van der Waals surface area contributed by atoms with E-state index in [-0.39, 0.29) is 5.82 Å². The van der Waals surface area contributed by atoms with E-state index in [1.807, 2.05) is 0 Å². The molecule has 0 aliphatic heterocycles. The number of hydrogen-bond acceptors (Lipinski definition) is 2. The number of halogens is 1. The largest absolute Gasteiger partial charge is 0.368 e. The van der Waals surface area contributed by atoms with Gasteiger partial charge in [-0.3, -0.25) is 0 Å². The molecule has 1 aliphatic rings. The highest BCUT2D eigenvalue weighted by molar-refractivity contribution is 5.34. The fraction of sp³-hybridized carbons (Fsp3) is 0.545. The van der Waals surface area contributed by atoms with Crippen LogP contribution in [0.1, 0.15) is 26.2 Å². The number of hydrogen-bond donors (Lipinski definition) is 1. The molecule has 2 nitrogen and oxygen atoms in total. The first-order chi connectivity index (χ1) is 6.74. The maximum Gasteiger partial charge on any atom is 0.141 e. The number of rotatable bonds is 4. The molecule has 0 aromatic carbocycles. The minimum Gasteiger partial charge on any atom is -0.368 e. The zero-order valence-corrected chi connectivity index (χ0v) is 8.33. The lowest BCUT2D eigenvalue weighted by atomic mass is 10.1. The second-order valence-corrected chi connectivity index (χ2v) is 4.09. The molecule has 0 amide bonds. The Balaban J connectivity index is 1.85. The summed E-state index contributed by atoms with van der Waals surface area (Å²) in [7, 11) is 0. The van der Waals surface area contributed by atoms with Crippen molar-refractivity contribution in [2.24, 2.45) is 5.92 Å². The van der Waals surface area contributed by atoms with Gasteiger partial charge in [-0.15, -0.1) is 0 Å². The van der Waals surface area contributed by atoms with Gasteiger partial charge in [0.05, 0.1) is 6.20 Å². The molecule has 1 fully saturated rings. The highest BCUT2D eigenvalue weighted by Gasteiger charge is 2.23. The molecule has 1 atom stereocenters. The first-order valence-electron chi connectivity index (χ1n) is 5.12. The maximum absolute atomic E-state index is 12.6. The van der Waals surface area contributed by atoms with Crippen LogP contribution in [0.3, 0.4) is 0 Å². The predicted molar refractivity (Wildman–Crippen MR) is 54.6 cm³/mol. The van der Waals surface area contributed by atoms with Crippen LogP contribution in [-0.2, 0) is 0 Å². The topological polar surface area (TPSA) is 24.9 Å². The van der Waals surface area contributed by atoms with E-state index in [4.69, 9.17) is 0 Å². The third-order valence-electron chi connectivity index (χ3n) is 2.51. The first-order valence-corrected chi connectivity index (χ1v) is 5.12. The molecular formula is C11H15FN2. The molecule has 0 bridgehead atoms. The molecule has 0 saturated heterocycles. The highest BCUT2D eigenvalue weighted by atomic mass is 19.1. The summed E-state index contributed by atoms with van der Waals surface area (Å²) >= 11 is 0. The second-order valence-electron chi connectivity index (χ2n) is 4.09. The Hall–Kier alpha value is -1.12. The standard InChI is InChI=1S/C11H15FN2/c1-8(6-9-2-3-9)14-11-5-4-10(12)7-13-11/h4-5,7-9H,2-3,6H2,1H3,(H,13,14). The quantitative estimate of drug-likeness (QED) is 0.797. The van der Waals surface area contributed by atoms with Gasteiger partial charge in [0, 0.05) is 6.04 Å². The van der Waals surface area contributed by atoms with Crippen molar-refractivity contribution in [2.75, 3.05) is 5.32 Å². The van der Waals surface area contributed by atoms with Crippen molar-refractivity contribution < 1.29 is 4.39 Å². The van der Waals surface area contributed by atoms with E-state index in [1.54, 1.807) is 6.07 Å². The number of nitrogens with zero attached hydrogens (tertiary/aromatic N) is 1. The van der Waals surface area contributed by atoms with E-state index < -0.39 is 0 Å². The second kappa shape index (κ2) is 3.95. The molecule has 1 aromatic heterocycles. The van der Waals surface area contributed by atoms with Crippen molar-refractivity contribution in [1.29, 1.82) is 0 Å². The fourth-order valence-electron chi connectivity index (χ4n) is 1.63. The van der Waals surface area contributed by atoms with Crippen LogP contribution in [0.5, 0.6) is 0 Å². The van der Waals surface area contributed by atoms with Gasteiger partial charge in [0.15, 0.2) is 0 Å². The van der Waals surface area contributed by atoms with E-state index in [0.717, 1.165) is 11.7 Å². The summed E-state index contributed by atoms with van der Waals surface area (Å²) in [6.45, 7) is 2.14. The molecule has 1 unspecified atom stereocenters. The predicted octanol–water partition coefficient (Wildman–Crippen LogP) is 2.82. The molecule has 2 rings (SSSR count). The van der Waals surface area contributed by atoms with Crippen molar-refractivity contribution in [3.05, 3.63) is 24.1 Å². The van der Waals surface area contributed by atoms with Crippen LogP contribution >= 0.6 is 0 Å². The Morgan fingerprint density at radius 1 is 1.57 bits per heavy atom. The number of aromatic nitrogens is 1. The molecular weight excluding hydrogens is 179 g/mol. The molecule has 1 aliphatic carbocycles. The number of nitrogens with one attached hydrogen (secondary N) is 1. The first kappa shape index (κ1) is 9.44. The van der Waals surface area contributed by atoms with Gasteiger partial charge >= 0.3 is 0 Å². The molecule has 1 heterocycles. The summed E-state index contributed by atoms with van der Waals surface area (Å²) in [6.07, 6.45) is 5.16. The van der Waals surface area contributed by atoms with Crippen LogP contribution in [0.15, 0.2) is 18.3 Å². The van der Waals surface area contributed by atoms with Crippen LogP contribution in [-0.4, -0.2) is 11.0 Å². The Morgan fingerprint density at radius 3 is 2.93 bits per heavy atom. The van der Waals surface area contributed by atoms with E-state index in [0.29, 0.717) is 6.04 Å². The number of anilines is 1. The number of pyridine rings is 1. The van der Waals surface area contributed by atoms with Gasteiger partial charge in [-0.05, 0) is 31.4 Å². The maximum atomic E-state index is 12.6. The molecule has 0 radical (unpaired) electrons. The van der Waals surface area contributed by atoms with Crippen LogP contribution < -0.4 is 5.32 Å². The van der Waals surface area contributed by atoms with Crippen LogP contribution in [0.4, 0.5) is 10.2 Å². The van der Waals surface area contributed by atoms with Gasteiger partial charge in [0.25, 0.3) is 0 Å². The van der Waals surface area contributed by atoms with Gasteiger partial charge in [0.2, 0.25) is 0 Å². The molecule has 1 saturated carbocycles. The molecule has 1 N–H and O–H groups in total. The minimum absolute atomic E-state index is 0.287. The monoisotopic (exact) mass is 194 g/mol. The lowest BCUT2D eigenvalue weighted by molar-refractivity contribution is 0.618. The Kier molecular flexibility index (Phi) is 2.66. The Morgan fingerprint density at radius 2 is 2.36 bits per heavy atom. The van der Waals surface area contributed by atoms with Crippen molar-refractivity contribution in [3.8, 4) is 0 Å². The third-order valence-corrected chi connectivity index (χ3v) is 2.51. The van der Waals surface area contributed by atoms with Crippen LogP contribution in [0.25, 0.3) is 0 Å². The molecule has 3 heteroatoms. The molecule has 0 spiro atoms. The zero-order valence-electron chi connectivity index (χ0n) is 8.33. The lowest BCUT2D eigenvalue weighted by Crippen LogP contribution is -2.16. The average molecular weight is 194 g/mol. The molecule has 1 aromatic rings. The zero-order chi connectivity index (χ0) is 9.97. The van der Waals surface area contributed by atoms with Crippen molar-refractivity contribution in [1.82, 2.24) is 4.98 Å². The fourth-order valence-corrected chi connectivity index (χ4v) is 1.63. The molecule has 76 valence electrons. The Bertz CT molecular complexity index is 293. The van der Waals surface area contributed by atoms with Crippen LogP contribution in [0.2, 0.25) is 0 Å². The van der Waals surface area contributed by atoms with Crippen molar-refractivity contribution >= 4 is 5.82 Å². The van der Waals surface area contributed by atoms with Crippen molar-refractivity contribution in [3.63, 3.8) is 0 Å². The van der Waals surface area contributed by atoms with Gasteiger partial charge in [-0.2, -0.15) is 0 Å². The van der Waals surface area contributed by atoms with Gasteiger partial charge < -0.3 is 5.32 Å². The lowest BCUT2D eigenvalue weighted by Gasteiger charge is -2.13. The smallest absolute Gasteiger partial charge is 0.141 e. The summed E-state index contributed by atoms with van der Waals surface area (Å²) in [6, 6.07) is 3.54. The summed E-state index contributed by atoms with van der Waals surface area (Å²) in [5, 5.41) is 3.26. The summed E-state index contributed by atoms with van der Waals surface area (Å²) in [5.74, 6) is 1.38. The van der Waals surface area contributed by atoms with E-state index in [1.165, 1.54) is 31.5 Å². The van der Waals surface area contributed by atoms with E-state index in [2.05, 4.69) is 17.2 Å². The van der Waals surface area contributed by atoms with Gasteiger partial charge in [-0.25, -0.2) is 9.37 Å². The third kappa shape index (κ3) is 2.69. The SMILES string of the molecule is CC(CC1CC1)Nc1ccc(F)cn1. The average Bonchev–Trinajstić information content (AvgIpc) is 2.93. The van der Waals surface area contributed by atoms with Gasteiger partial charge in [-0.1, -0.05) is 12.8 Å². The van der Waals surface area contributed by atoms with Gasteiger partial charge in [0.1, 0.15) is 11.6 Å². The van der Waals surface area contributed by atoms with E-state index in [9.17, 15) is 4.39 Å². The Labute approximate surface area is 83.6 Å². The highest BCUT2D eigenvalue weighted by Crippen LogP contribution is 2.33. The van der Waals surface area contributed by atoms with E-state index >= 15 is 0 Å². The minimum atomic E-state index is -0.287. The normalized spacial score (nSPS) is 17.9. The summed E-state index contributed by atoms with van der Waals surface area (Å²) < 4.78 is 12.6. The summed E-state index contributed by atoms with van der Waals surface area (Å²) in [4.78, 5) is 3.96. The van der Waals surface area contributed by atoms with Crippen LogP contribution in [0, 0.1) is 11.7 Å².